The molecule has 0 fully saturated rings. The second-order valence-electron chi connectivity index (χ2n) is 3.16. The van der Waals surface area contributed by atoms with E-state index in [2.05, 4.69) is 0 Å². The van der Waals surface area contributed by atoms with Crippen LogP contribution in [0.3, 0.4) is 0 Å². The quantitative estimate of drug-likeness (QED) is 0.805. The molecule has 0 radical (unpaired) electrons. The van der Waals surface area contributed by atoms with Gasteiger partial charge in [-0.25, -0.2) is 0 Å². The molecule has 0 heterocycles. The third-order valence-electron chi connectivity index (χ3n) is 1.86. The summed E-state index contributed by atoms with van der Waals surface area (Å²) in [6.07, 6.45) is 0.619. The van der Waals surface area contributed by atoms with Crippen molar-refractivity contribution in [3.05, 3.63) is 28.2 Å². The molecule has 0 saturated heterocycles. The van der Waals surface area contributed by atoms with E-state index in [4.69, 9.17) is 34.0 Å². The van der Waals surface area contributed by atoms with Gasteiger partial charge in [0.15, 0.2) is 0 Å². The number of rotatable bonds is 5. The molecule has 1 aromatic rings. The third kappa shape index (κ3) is 4.62. The van der Waals surface area contributed by atoms with Gasteiger partial charge < -0.3 is 10.8 Å². The van der Waals surface area contributed by atoms with E-state index in [9.17, 15) is 0 Å². The van der Waals surface area contributed by atoms with Crippen LogP contribution in [0.2, 0.25) is 10.0 Å². The number of hydrogen-bond donors (Lipinski definition) is 2. The SMILES string of the molecule is NC(CCO)CSc1ccc(Cl)c(Cl)c1. The number of aliphatic hydroxyl groups is 1. The Balaban J connectivity index is 2.47. The molecule has 3 N–H and O–H groups in total. The molecule has 1 atom stereocenters. The molecule has 0 aliphatic rings. The largest absolute Gasteiger partial charge is 0.396 e. The van der Waals surface area contributed by atoms with Gasteiger partial charge in [0.2, 0.25) is 0 Å². The lowest BCUT2D eigenvalue weighted by Gasteiger charge is -2.09. The Morgan fingerprint density at radius 2 is 2.07 bits per heavy atom. The Labute approximate surface area is 104 Å². The fourth-order valence-corrected chi connectivity index (χ4v) is 2.32. The van der Waals surface area contributed by atoms with Crippen LogP contribution in [0.15, 0.2) is 23.1 Å². The van der Waals surface area contributed by atoms with Crippen LogP contribution in [0.5, 0.6) is 0 Å². The summed E-state index contributed by atoms with van der Waals surface area (Å²) in [6.45, 7) is 0.128. The average Bonchev–Trinajstić information content (AvgIpc) is 2.20. The minimum atomic E-state index is 0.00875. The maximum absolute atomic E-state index is 8.69. The van der Waals surface area contributed by atoms with Crippen LogP contribution in [0.4, 0.5) is 0 Å². The minimum Gasteiger partial charge on any atom is -0.396 e. The van der Waals surface area contributed by atoms with Crippen molar-refractivity contribution < 1.29 is 5.11 Å². The topological polar surface area (TPSA) is 46.2 Å². The smallest absolute Gasteiger partial charge is 0.0603 e. The van der Waals surface area contributed by atoms with E-state index in [1.54, 1.807) is 17.8 Å². The predicted octanol–water partition coefficient (Wildman–Crippen LogP) is 2.80. The normalized spacial score (nSPS) is 12.8. The molecular weight excluding hydrogens is 253 g/mol. The number of halogens is 2. The zero-order valence-corrected chi connectivity index (χ0v) is 10.4. The highest BCUT2D eigenvalue weighted by Gasteiger charge is 2.04. The second-order valence-corrected chi connectivity index (χ2v) is 5.07. The zero-order chi connectivity index (χ0) is 11.3. The third-order valence-corrected chi connectivity index (χ3v) is 3.78. The molecule has 15 heavy (non-hydrogen) atoms. The fourth-order valence-electron chi connectivity index (χ4n) is 1.02. The number of hydrogen-bond acceptors (Lipinski definition) is 3. The standard InChI is InChI=1S/C10H13Cl2NOS/c11-9-2-1-8(5-10(9)12)15-6-7(13)3-4-14/h1-2,5,7,14H,3-4,6,13H2. The Morgan fingerprint density at radius 1 is 1.33 bits per heavy atom. The van der Waals surface area contributed by atoms with Crippen LogP contribution >= 0.6 is 35.0 Å². The summed E-state index contributed by atoms with van der Waals surface area (Å²) >= 11 is 13.3. The van der Waals surface area contributed by atoms with Gasteiger partial charge in [0.25, 0.3) is 0 Å². The van der Waals surface area contributed by atoms with Crippen LogP contribution in [-0.4, -0.2) is 23.5 Å². The van der Waals surface area contributed by atoms with Gasteiger partial charge in [-0.05, 0) is 24.6 Å². The highest BCUT2D eigenvalue weighted by Crippen LogP contribution is 2.28. The van der Waals surface area contributed by atoms with Gasteiger partial charge >= 0.3 is 0 Å². The number of benzene rings is 1. The number of nitrogens with two attached hydrogens (primary N) is 1. The lowest BCUT2D eigenvalue weighted by molar-refractivity contribution is 0.279. The van der Waals surface area contributed by atoms with Crippen LogP contribution in [-0.2, 0) is 0 Å². The summed E-state index contributed by atoms with van der Waals surface area (Å²) in [4.78, 5) is 1.04. The lowest BCUT2D eigenvalue weighted by Crippen LogP contribution is -2.23. The Hall–Kier alpha value is 0.0700. The molecule has 2 nitrogen and oxygen atoms in total. The van der Waals surface area contributed by atoms with Crippen LogP contribution in [0.1, 0.15) is 6.42 Å². The maximum atomic E-state index is 8.69. The van der Waals surface area contributed by atoms with E-state index >= 15 is 0 Å². The van der Waals surface area contributed by atoms with Gasteiger partial charge in [-0.3, -0.25) is 0 Å². The Morgan fingerprint density at radius 3 is 2.67 bits per heavy atom. The van der Waals surface area contributed by atoms with Crippen molar-refractivity contribution in [3.8, 4) is 0 Å². The van der Waals surface area contributed by atoms with Gasteiger partial charge in [-0.15, -0.1) is 11.8 Å². The summed E-state index contributed by atoms with van der Waals surface area (Å²) in [6, 6.07) is 5.50. The number of thioether (sulfide) groups is 1. The molecule has 0 aliphatic carbocycles. The average molecular weight is 266 g/mol. The lowest BCUT2D eigenvalue weighted by atomic mass is 10.3. The van der Waals surface area contributed by atoms with Crippen molar-refractivity contribution in [1.82, 2.24) is 0 Å². The van der Waals surface area contributed by atoms with Gasteiger partial charge in [-0.2, -0.15) is 0 Å². The van der Waals surface area contributed by atoms with Crippen LogP contribution < -0.4 is 5.73 Å². The summed E-state index contributed by atoms with van der Waals surface area (Å²) in [5.74, 6) is 0.762. The second kappa shape index (κ2) is 6.61. The summed E-state index contributed by atoms with van der Waals surface area (Å²) in [7, 11) is 0. The fraction of sp³-hybridized carbons (Fsp3) is 0.400. The monoisotopic (exact) mass is 265 g/mol. The van der Waals surface area contributed by atoms with E-state index in [1.165, 1.54) is 0 Å². The van der Waals surface area contributed by atoms with Gasteiger partial charge in [-0.1, -0.05) is 23.2 Å². The summed E-state index contributed by atoms with van der Waals surface area (Å²) < 4.78 is 0. The van der Waals surface area contributed by atoms with Gasteiger partial charge in [0, 0.05) is 23.3 Å². The first-order valence-corrected chi connectivity index (χ1v) is 6.32. The number of aliphatic hydroxyl groups excluding tert-OH is 1. The molecular formula is C10H13Cl2NOS. The minimum absolute atomic E-state index is 0.00875. The van der Waals surface area contributed by atoms with Crippen molar-refractivity contribution in [2.75, 3.05) is 12.4 Å². The molecule has 1 rings (SSSR count). The first-order chi connectivity index (χ1) is 7.13. The first-order valence-electron chi connectivity index (χ1n) is 4.57. The first kappa shape index (κ1) is 13.1. The molecule has 0 amide bonds. The molecule has 5 heteroatoms. The maximum Gasteiger partial charge on any atom is 0.0603 e. The van der Waals surface area contributed by atoms with Crippen molar-refractivity contribution in [2.45, 2.75) is 17.4 Å². The molecule has 84 valence electrons. The Kier molecular flexibility index (Phi) is 5.79. The van der Waals surface area contributed by atoms with Crippen molar-refractivity contribution in [3.63, 3.8) is 0 Å². The van der Waals surface area contributed by atoms with Crippen molar-refractivity contribution in [1.29, 1.82) is 0 Å². The molecule has 0 spiro atoms. The Bertz CT molecular complexity index is 322. The predicted molar refractivity (Wildman–Crippen MR) is 66.9 cm³/mol. The van der Waals surface area contributed by atoms with Gasteiger partial charge in [0.05, 0.1) is 10.0 Å². The molecule has 0 bridgehead atoms. The molecule has 0 aromatic heterocycles. The van der Waals surface area contributed by atoms with E-state index < -0.39 is 0 Å². The zero-order valence-electron chi connectivity index (χ0n) is 8.12. The molecule has 1 aromatic carbocycles. The van der Waals surface area contributed by atoms with Crippen molar-refractivity contribution >= 4 is 35.0 Å². The van der Waals surface area contributed by atoms with Crippen LogP contribution in [0.25, 0.3) is 0 Å². The molecule has 0 aliphatic heterocycles. The van der Waals surface area contributed by atoms with E-state index in [0.717, 1.165) is 10.6 Å². The summed E-state index contributed by atoms with van der Waals surface area (Å²) in [5.41, 5.74) is 5.76. The highest BCUT2D eigenvalue weighted by molar-refractivity contribution is 7.99. The van der Waals surface area contributed by atoms with Crippen molar-refractivity contribution in [2.24, 2.45) is 5.73 Å². The molecule has 0 saturated carbocycles. The highest BCUT2D eigenvalue weighted by atomic mass is 35.5. The van der Waals surface area contributed by atoms with Gasteiger partial charge in [0.1, 0.15) is 0 Å². The van der Waals surface area contributed by atoms with E-state index in [0.29, 0.717) is 16.5 Å². The van der Waals surface area contributed by atoms with E-state index in [1.807, 2.05) is 12.1 Å². The summed E-state index contributed by atoms with van der Waals surface area (Å²) in [5, 5.41) is 9.80. The molecule has 1 unspecified atom stereocenters. The van der Waals surface area contributed by atoms with E-state index in [-0.39, 0.29) is 12.6 Å². The van der Waals surface area contributed by atoms with Crippen LogP contribution in [0, 0.1) is 0 Å².